The SMILES string of the molecule is Cc1nc2ccc(CN(C)c3ccc(C(=O)N[C@@H](CCC(=O)O)C(=O)N[C@@H](CCC(=O)O)C(=O)O)s3)cc2c(=O)[nH]1. The van der Waals surface area contributed by atoms with E-state index in [-0.39, 0.29) is 16.9 Å². The second kappa shape index (κ2) is 13.5. The van der Waals surface area contributed by atoms with E-state index in [1.54, 1.807) is 32.2 Å². The van der Waals surface area contributed by atoms with E-state index in [4.69, 9.17) is 10.2 Å². The Morgan fingerprint density at radius 3 is 2.27 bits per heavy atom. The van der Waals surface area contributed by atoms with Gasteiger partial charge in [0.05, 0.1) is 20.8 Å². The summed E-state index contributed by atoms with van der Waals surface area (Å²) >= 11 is 1.11. The molecule has 2 atom stereocenters. The number of carboxylic acid groups (broad SMARTS) is 3. The molecule has 15 heteroatoms. The number of nitrogens with one attached hydrogen (secondary N) is 3. The van der Waals surface area contributed by atoms with E-state index < -0.39 is 61.1 Å². The quantitative estimate of drug-likeness (QED) is 0.158. The molecule has 0 radical (unpaired) electrons. The van der Waals surface area contributed by atoms with Gasteiger partial charge in [-0.05, 0) is 49.6 Å². The number of aromatic amines is 1. The third-order valence-electron chi connectivity index (χ3n) is 6.03. The van der Waals surface area contributed by atoms with Gasteiger partial charge in [0, 0.05) is 26.4 Å². The summed E-state index contributed by atoms with van der Waals surface area (Å²) in [6.45, 7) is 2.10. The highest BCUT2D eigenvalue weighted by molar-refractivity contribution is 7.18. The second-order valence-electron chi connectivity index (χ2n) is 9.29. The first kappa shape index (κ1) is 30.7. The van der Waals surface area contributed by atoms with E-state index in [1.807, 2.05) is 11.0 Å². The van der Waals surface area contributed by atoms with E-state index >= 15 is 0 Å². The lowest BCUT2D eigenvalue weighted by Crippen LogP contribution is -2.51. The number of carbonyl (C=O) groups is 5. The maximum Gasteiger partial charge on any atom is 0.326 e. The molecule has 0 fully saturated rings. The molecule has 2 heterocycles. The molecule has 0 aliphatic rings. The number of fused-ring (bicyclic) bond motifs is 1. The molecule has 2 amide bonds. The first-order chi connectivity index (χ1) is 19.3. The van der Waals surface area contributed by atoms with Crippen LogP contribution < -0.4 is 21.1 Å². The first-order valence-corrected chi connectivity index (χ1v) is 13.2. The van der Waals surface area contributed by atoms with Crippen LogP contribution in [-0.4, -0.2) is 74.1 Å². The molecule has 3 rings (SSSR count). The van der Waals surface area contributed by atoms with Gasteiger partial charge in [-0.1, -0.05) is 6.07 Å². The van der Waals surface area contributed by atoms with Crippen molar-refractivity contribution in [1.82, 2.24) is 20.6 Å². The van der Waals surface area contributed by atoms with Crippen LogP contribution in [0.25, 0.3) is 10.9 Å². The fourth-order valence-electron chi connectivity index (χ4n) is 3.97. The zero-order chi connectivity index (χ0) is 30.3. The predicted molar refractivity (Wildman–Crippen MR) is 148 cm³/mol. The minimum atomic E-state index is -1.53. The minimum absolute atomic E-state index is 0.218. The van der Waals surface area contributed by atoms with Crippen LogP contribution in [0.15, 0.2) is 35.1 Å². The summed E-state index contributed by atoms with van der Waals surface area (Å²) in [5, 5.41) is 33.0. The number of H-pyrrole nitrogens is 1. The van der Waals surface area contributed by atoms with Crippen molar-refractivity contribution in [1.29, 1.82) is 0 Å². The van der Waals surface area contributed by atoms with Crippen molar-refractivity contribution in [3.8, 4) is 0 Å². The van der Waals surface area contributed by atoms with Crippen LogP contribution in [-0.2, 0) is 25.7 Å². The molecular weight excluding hydrogens is 558 g/mol. The molecule has 1 aromatic carbocycles. The number of benzene rings is 1. The summed E-state index contributed by atoms with van der Waals surface area (Å²) in [6, 6.07) is 5.66. The van der Waals surface area contributed by atoms with Crippen molar-refractivity contribution in [2.45, 2.75) is 51.2 Å². The molecule has 0 bridgehead atoms. The summed E-state index contributed by atoms with van der Waals surface area (Å²) in [4.78, 5) is 80.4. The second-order valence-corrected chi connectivity index (χ2v) is 10.3. The molecule has 0 aliphatic heterocycles. The van der Waals surface area contributed by atoms with Crippen LogP contribution in [0.1, 0.15) is 46.7 Å². The maximum absolute atomic E-state index is 13.0. The fraction of sp³-hybridized carbons (Fsp3) is 0.346. The number of aromatic nitrogens is 2. The molecule has 0 saturated heterocycles. The number of aryl methyl sites for hydroxylation is 1. The number of carboxylic acids is 3. The third-order valence-corrected chi connectivity index (χ3v) is 7.23. The van der Waals surface area contributed by atoms with Crippen LogP contribution in [0.4, 0.5) is 5.00 Å². The molecular formula is C26H29N5O9S. The fourth-order valence-corrected chi connectivity index (χ4v) is 4.84. The first-order valence-electron chi connectivity index (χ1n) is 12.4. The summed E-state index contributed by atoms with van der Waals surface area (Å²) in [5.74, 6) is -5.03. The number of thiophene rings is 1. The topological polar surface area (TPSA) is 219 Å². The Morgan fingerprint density at radius 1 is 0.976 bits per heavy atom. The lowest BCUT2D eigenvalue weighted by Gasteiger charge is -2.20. The minimum Gasteiger partial charge on any atom is -0.481 e. The Balaban J connectivity index is 1.70. The summed E-state index contributed by atoms with van der Waals surface area (Å²) < 4.78 is 0. The van der Waals surface area contributed by atoms with Gasteiger partial charge in [-0.3, -0.25) is 24.0 Å². The molecule has 0 aliphatic carbocycles. The molecule has 3 aromatic rings. The van der Waals surface area contributed by atoms with E-state index in [1.165, 1.54) is 6.07 Å². The average molecular weight is 588 g/mol. The van der Waals surface area contributed by atoms with Gasteiger partial charge in [0.15, 0.2) is 0 Å². The van der Waals surface area contributed by atoms with Crippen molar-refractivity contribution < 1.29 is 39.3 Å². The number of hydrogen-bond donors (Lipinski definition) is 6. The average Bonchev–Trinajstić information content (AvgIpc) is 3.39. The van der Waals surface area contributed by atoms with Gasteiger partial charge in [-0.25, -0.2) is 9.78 Å². The highest BCUT2D eigenvalue weighted by Crippen LogP contribution is 2.27. The Hall–Kier alpha value is -4.79. The Labute approximate surface area is 237 Å². The molecule has 0 saturated carbocycles. The van der Waals surface area contributed by atoms with Crippen LogP contribution in [0.5, 0.6) is 0 Å². The number of amides is 2. The van der Waals surface area contributed by atoms with Gasteiger partial charge in [0.1, 0.15) is 17.9 Å². The summed E-state index contributed by atoms with van der Waals surface area (Å²) in [7, 11) is 1.79. The number of aliphatic carboxylic acids is 3. The van der Waals surface area contributed by atoms with Gasteiger partial charge in [-0.15, -0.1) is 11.3 Å². The molecule has 0 spiro atoms. The molecule has 6 N–H and O–H groups in total. The van der Waals surface area contributed by atoms with Crippen molar-refractivity contribution in [2.75, 3.05) is 11.9 Å². The van der Waals surface area contributed by atoms with Crippen LogP contribution in [0.3, 0.4) is 0 Å². The Morgan fingerprint density at radius 2 is 1.63 bits per heavy atom. The normalized spacial score (nSPS) is 12.3. The van der Waals surface area contributed by atoms with Crippen molar-refractivity contribution in [3.05, 3.63) is 57.0 Å². The largest absolute Gasteiger partial charge is 0.481 e. The molecule has 41 heavy (non-hydrogen) atoms. The lowest BCUT2D eigenvalue weighted by atomic mass is 10.1. The number of nitrogens with zero attached hydrogens (tertiary/aromatic N) is 2. The van der Waals surface area contributed by atoms with Crippen molar-refractivity contribution >= 4 is 57.0 Å². The highest BCUT2D eigenvalue weighted by atomic mass is 32.1. The molecule has 218 valence electrons. The summed E-state index contributed by atoms with van der Waals surface area (Å²) in [5.41, 5.74) is 1.16. The maximum atomic E-state index is 13.0. The number of hydrogen-bond acceptors (Lipinski definition) is 9. The van der Waals surface area contributed by atoms with Crippen molar-refractivity contribution in [2.24, 2.45) is 0 Å². The van der Waals surface area contributed by atoms with Gasteiger partial charge in [0.2, 0.25) is 5.91 Å². The van der Waals surface area contributed by atoms with Crippen molar-refractivity contribution in [3.63, 3.8) is 0 Å². The van der Waals surface area contributed by atoms with Crippen LogP contribution in [0, 0.1) is 6.92 Å². The lowest BCUT2D eigenvalue weighted by molar-refractivity contribution is -0.143. The van der Waals surface area contributed by atoms with Gasteiger partial charge < -0.3 is 35.8 Å². The zero-order valence-corrected chi connectivity index (χ0v) is 23.0. The number of anilines is 1. The van der Waals surface area contributed by atoms with E-state index in [0.29, 0.717) is 28.3 Å². The van der Waals surface area contributed by atoms with Gasteiger partial charge in [0.25, 0.3) is 11.5 Å². The van der Waals surface area contributed by atoms with E-state index in [0.717, 1.165) is 16.9 Å². The third kappa shape index (κ3) is 8.60. The molecule has 0 unspecified atom stereocenters. The van der Waals surface area contributed by atoms with Gasteiger partial charge >= 0.3 is 17.9 Å². The summed E-state index contributed by atoms with van der Waals surface area (Å²) in [6.07, 6.45) is -1.70. The molecule has 14 nitrogen and oxygen atoms in total. The Bertz CT molecular complexity index is 1530. The van der Waals surface area contributed by atoms with E-state index in [2.05, 4.69) is 20.6 Å². The standard InChI is InChI=1S/C26H29N5O9S/c1-13-27-16-4-3-14(11-15(16)23(36)28-13)12-31(2)20-8-7-19(41-20)25(38)29-17(5-9-21(32)33)24(37)30-18(26(39)40)6-10-22(34)35/h3-4,7-8,11,17-18H,5-6,9-10,12H2,1-2H3,(H,29,38)(H,30,37)(H,32,33)(H,34,35)(H,39,40)(H,27,28,36)/t17-,18-/m0/s1. The van der Waals surface area contributed by atoms with Gasteiger partial charge in [-0.2, -0.15) is 0 Å². The van der Waals surface area contributed by atoms with Crippen LogP contribution >= 0.6 is 11.3 Å². The monoisotopic (exact) mass is 587 g/mol. The zero-order valence-electron chi connectivity index (χ0n) is 22.2. The van der Waals surface area contributed by atoms with Crippen LogP contribution in [0.2, 0.25) is 0 Å². The molecule has 2 aromatic heterocycles. The highest BCUT2D eigenvalue weighted by Gasteiger charge is 2.28. The number of rotatable bonds is 14. The Kier molecular flexibility index (Phi) is 10.1. The number of carbonyl (C=O) groups excluding carboxylic acids is 2. The predicted octanol–water partition coefficient (Wildman–Crippen LogP) is 1.33. The smallest absolute Gasteiger partial charge is 0.326 e. The van der Waals surface area contributed by atoms with E-state index in [9.17, 15) is 33.9 Å².